The van der Waals surface area contributed by atoms with Gasteiger partial charge in [-0.15, -0.1) is 5.10 Å². The van der Waals surface area contributed by atoms with Gasteiger partial charge in [0.25, 0.3) is 0 Å². The molecule has 2 aromatic rings. The third-order valence-electron chi connectivity index (χ3n) is 2.66. The van der Waals surface area contributed by atoms with Gasteiger partial charge in [-0.25, -0.2) is 4.39 Å². The van der Waals surface area contributed by atoms with E-state index in [1.165, 1.54) is 6.07 Å². The number of ether oxygens (including phenoxy) is 2. The van der Waals surface area contributed by atoms with Gasteiger partial charge in [-0.1, -0.05) is 6.07 Å². The minimum Gasteiger partial charge on any atom is -0.472 e. The number of amides is 1. The van der Waals surface area contributed by atoms with Crippen molar-refractivity contribution in [1.82, 2.24) is 9.78 Å². The summed E-state index contributed by atoms with van der Waals surface area (Å²) in [7, 11) is 1.75. The molecule has 0 atom stereocenters. The Hall–Kier alpha value is -2.57. The molecule has 0 aliphatic carbocycles. The fourth-order valence-corrected chi connectivity index (χ4v) is 1.76. The fourth-order valence-electron chi connectivity index (χ4n) is 1.76. The first-order valence-corrected chi connectivity index (χ1v) is 5.84. The minimum atomic E-state index is -1.00. The van der Waals surface area contributed by atoms with Crippen molar-refractivity contribution in [3.63, 3.8) is 0 Å². The number of halogens is 1. The summed E-state index contributed by atoms with van der Waals surface area (Å²) in [5, 5.41) is 4.04. The molecule has 0 aliphatic rings. The van der Waals surface area contributed by atoms with E-state index in [2.05, 4.69) is 5.10 Å². The van der Waals surface area contributed by atoms with E-state index in [-0.39, 0.29) is 17.9 Å². The van der Waals surface area contributed by atoms with Crippen LogP contribution in [0.15, 0.2) is 30.5 Å². The fraction of sp³-hybridized carbons (Fsp3) is 0.231. The second kappa shape index (κ2) is 6.05. The van der Waals surface area contributed by atoms with Gasteiger partial charge in [0.2, 0.25) is 18.6 Å². The van der Waals surface area contributed by atoms with E-state index in [1.807, 2.05) is 0 Å². The third kappa shape index (κ3) is 3.05. The van der Waals surface area contributed by atoms with Crippen LogP contribution in [0.1, 0.15) is 15.9 Å². The highest BCUT2D eigenvalue weighted by Gasteiger charge is 2.15. The summed E-state index contributed by atoms with van der Waals surface area (Å²) in [6.45, 7) is -0.996. The summed E-state index contributed by atoms with van der Waals surface area (Å²) >= 11 is 0. The number of nitrogens with zero attached hydrogens (tertiary/aromatic N) is 2. The molecule has 0 saturated heterocycles. The minimum absolute atomic E-state index is 0.00542. The monoisotopic (exact) mass is 279 g/mol. The number of hydrogen-bond donors (Lipinski definition) is 1. The van der Waals surface area contributed by atoms with Crippen LogP contribution in [-0.4, -0.2) is 22.5 Å². The number of benzene rings is 1. The summed E-state index contributed by atoms with van der Waals surface area (Å²) < 4.78 is 24.2. The molecule has 0 spiro atoms. The van der Waals surface area contributed by atoms with Crippen LogP contribution >= 0.6 is 0 Å². The molecule has 1 amide bonds. The van der Waals surface area contributed by atoms with Crippen molar-refractivity contribution in [2.24, 2.45) is 12.8 Å². The lowest BCUT2D eigenvalue weighted by Gasteiger charge is -2.12. The molecule has 1 aromatic heterocycles. The van der Waals surface area contributed by atoms with Gasteiger partial charge in [-0.2, -0.15) is 0 Å². The number of rotatable bonds is 6. The highest BCUT2D eigenvalue weighted by Crippen LogP contribution is 2.24. The van der Waals surface area contributed by atoms with Crippen LogP contribution < -0.4 is 15.2 Å². The summed E-state index contributed by atoms with van der Waals surface area (Å²) in [5.74, 6) is -0.0216. The average Bonchev–Trinajstić information content (AvgIpc) is 2.83. The Morgan fingerprint density at radius 3 is 2.80 bits per heavy atom. The van der Waals surface area contributed by atoms with Gasteiger partial charge < -0.3 is 15.2 Å². The molecule has 0 radical (unpaired) electrons. The zero-order chi connectivity index (χ0) is 14.5. The Kier molecular flexibility index (Phi) is 4.19. The van der Waals surface area contributed by atoms with E-state index < -0.39 is 12.8 Å². The van der Waals surface area contributed by atoms with Crippen LogP contribution in [0.3, 0.4) is 0 Å². The van der Waals surface area contributed by atoms with Crippen LogP contribution in [0, 0.1) is 0 Å². The van der Waals surface area contributed by atoms with Crippen LogP contribution in [-0.2, 0) is 13.7 Å². The van der Waals surface area contributed by atoms with Gasteiger partial charge in [0.1, 0.15) is 12.4 Å². The van der Waals surface area contributed by atoms with E-state index in [0.717, 1.165) is 0 Å². The first-order chi connectivity index (χ1) is 9.61. The number of primary amides is 1. The zero-order valence-corrected chi connectivity index (χ0v) is 10.9. The Labute approximate surface area is 114 Å². The predicted octanol–water partition coefficient (Wildman–Crippen LogP) is 1.40. The quantitative estimate of drug-likeness (QED) is 0.867. The van der Waals surface area contributed by atoms with E-state index >= 15 is 0 Å². The van der Waals surface area contributed by atoms with Gasteiger partial charge in [0, 0.05) is 30.4 Å². The van der Waals surface area contributed by atoms with Crippen molar-refractivity contribution in [3.8, 4) is 11.6 Å². The molecule has 7 heteroatoms. The standard InChI is InChI=1S/C13H14FN3O3/c1-17-6-5-12(16-17)19-7-10-9(13(15)18)3-2-4-11(10)20-8-14/h2-6H,7-8H2,1H3,(H2,15,18). The predicted molar refractivity (Wildman–Crippen MR) is 69.1 cm³/mol. The lowest BCUT2D eigenvalue weighted by Crippen LogP contribution is -2.16. The molecule has 2 N–H and O–H groups in total. The molecule has 0 bridgehead atoms. The lowest BCUT2D eigenvalue weighted by atomic mass is 10.1. The van der Waals surface area contributed by atoms with Crippen LogP contribution in [0.4, 0.5) is 4.39 Å². The lowest BCUT2D eigenvalue weighted by molar-refractivity contribution is 0.0996. The van der Waals surface area contributed by atoms with Gasteiger partial charge in [0.15, 0.2) is 0 Å². The number of nitrogens with two attached hydrogens (primary N) is 1. The molecule has 0 fully saturated rings. The van der Waals surface area contributed by atoms with Crippen LogP contribution in [0.2, 0.25) is 0 Å². The van der Waals surface area contributed by atoms with Crippen molar-refractivity contribution in [1.29, 1.82) is 0 Å². The third-order valence-corrected chi connectivity index (χ3v) is 2.66. The number of carbonyl (C=O) groups is 1. The van der Waals surface area contributed by atoms with Crippen molar-refractivity contribution in [2.45, 2.75) is 6.61 Å². The molecule has 2 rings (SSSR count). The Morgan fingerprint density at radius 1 is 1.40 bits per heavy atom. The summed E-state index contributed by atoms with van der Waals surface area (Å²) in [6.07, 6.45) is 1.72. The van der Waals surface area contributed by atoms with E-state index in [1.54, 1.807) is 36.1 Å². The Bertz CT molecular complexity index is 613. The van der Waals surface area contributed by atoms with Gasteiger partial charge in [-0.05, 0) is 12.1 Å². The molecule has 106 valence electrons. The number of carbonyl (C=O) groups excluding carboxylic acids is 1. The molecular formula is C13H14FN3O3. The van der Waals surface area contributed by atoms with Gasteiger partial charge in [-0.3, -0.25) is 9.48 Å². The topological polar surface area (TPSA) is 79.4 Å². The normalized spacial score (nSPS) is 10.3. The Balaban J connectivity index is 2.25. The summed E-state index contributed by atoms with van der Waals surface area (Å²) in [4.78, 5) is 11.4. The molecule has 0 unspecified atom stereocenters. The number of alkyl halides is 1. The Morgan fingerprint density at radius 2 is 2.20 bits per heavy atom. The number of aryl methyl sites for hydroxylation is 1. The molecule has 0 saturated carbocycles. The second-order valence-electron chi connectivity index (χ2n) is 4.02. The number of aromatic nitrogens is 2. The summed E-state index contributed by atoms with van der Waals surface area (Å²) in [5.41, 5.74) is 5.91. The van der Waals surface area contributed by atoms with Crippen LogP contribution in [0.5, 0.6) is 11.6 Å². The van der Waals surface area contributed by atoms with E-state index in [9.17, 15) is 9.18 Å². The maximum Gasteiger partial charge on any atom is 0.249 e. The summed E-state index contributed by atoms with van der Waals surface area (Å²) in [6, 6.07) is 6.31. The van der Waals surface area contributed by atoms with Crippen molar-refractivity contribution in [3.05, 3.63) is 41.6 Å². The molecule has 1 aromatic carbocycles. The second-order valence-corrected chi connectivity index (χ2v) is 4.02. The smallest absolute Gasteiger partial charge is 0.249 e. The highest BCUT2D eigenvalue weighted by molar-refractivity contribution is 5.95. The van der Waals surface area contributed by atoms with E-state index in [4.69, 9.17) is 15.2 Å². The number of hydrogen-bond acceptors (Lipinski definition) is 4. The van der Waals surface area contributed by atoms with Crippen LogP contribution in [0.25, 0.3) is 0 Å². The molecular weight excluding hydrogens is 265 g/mol. The SMILES string of the molecule is Cn1ccc(OCc2c(OCF)cccc2C(N)=O)n1. The molecule has 1 heterocycles. The molecule has 20 heavy (non-hydrogen) atoms. The van der Waals surface area contributed by atoms with Crippen molar-refractivity contribution in [2.75, 3.05) is 6.86 Å². The maximum absolute atomic E-state index is 12.4. The zero-order valence-electron chi connectivity index (χ0n) is 10.9. The van der Waals surface area contributed by atoms with Crippen molar-refractivity contribution >= 4 is 5.91 Å². The maximum atomic E-state index is 12.4. The average molecular weight is 279 g/mol. The molecule has 0 aliphatic heterocycles. The molecule has 6 nitrogen and oxygen atoms in total. The van der Waals surface area contributed by atoms with E-state index in [0.29, 0.717) is 11.4 Å². The first kappa shape index (κ1) is 13.9. The van der Waals surface area contributed by atoms with Gasteiger partial charge in [0.05, 0.1) is 0 Å². The largest absolute Gasteiger partial charge is 0.472 e. The van der Waals surface area contributed by atoms with Crippen molar-refractivity contribution < 1.29 is 18.7 Å². The first-order valence-electron chi connectivity index (χ1n) is 5.84. The highest BCUT2D eigenvalue weighted by atomic mass is 19.1. The van der Waals surface area contributed by atoms with Gasteiger partial charge >= 0.3 is 0 Å².